The van der Waals surface area contributed by atoms with Crippen LogP contribution in [0.2, 0.25) is 0 Å². The van der Waals surface area contributed by atoms with Gasteiger partial charge in [0.05, 0.1) is 0 Å². The third kappa shape index (κ3) is 3.23. The Hall–Kier alpha value is -1.91. The van der Waals surface area contributed by atoms with E-state index in [-0.39, 0.29) is 17.7 Å². The van der Waals surface area contributed by atoms with Crippen LogP contribution < -0.4 is 5.32 Å². The highest BCUT2D eigenvalue weighted by Gasteiger charge is 2.41. The molecule has 5 heteroatoms. The monoisotopic (exact) mass is 289 g/mol. The minimum atomic E-state index is -0.408. The number of pyridine rings is 1. The first-order valence-electron chi connectivity index (χ1n) is 7.58. The number of hydrogen-bond donors (Lipinski definition) is 1. The summed E-state index contributed by atoms with van der Waals surface area (Å²) in [5.41, 5.74) is 0.948. The molecular formula is C16H23N3O2. The van der Waals surface area contributed by atoms with Crippen LogP contribution >= 0.6 is 0 Å². The molecule has 1 saturated heterocycles. The minimum absolute atomic E-state index is 0.00579. The molecule has 0 spiro atoms. The number of piperazine rings is 1. The van der Waals surface area contributed by atoms with Gasteiger partial charge in [-0.05, 0) is 24.0 Å². The molecule has 0 radical (unpaired) electrons. The Morgan fingerprint density at radius 3 is 2.71 bits per heavy atom. The number of carbonyl (C=O) groups excluding carboxylic acids is 2. The molecule has 2 amide bonds. The van der Waals surface area contributed by atoms with Gasteiger partial charge < -0.3 is 10.2 Å². The summed E-state index contributed by atoms with van der Waals surface area (Å²) in [4.78, 5) is 30.8. The Morgan fingerprint density at radius 2 is 2.14 bits per heavy atom. The van der Waals surface area contributed by atoms with Gasteiger partial charge in [-0.3, -0.25) is 14.6 Å². The first-order valence-corrected chi connectivity index (χ1v) is 7.58. The molecule has 114 valence electrons. The van der Waals surface area contributed by atoms with Gasteiger partial charge in [0.25, 0.3) is 0 Å². The molecule has 1 N–H and O–H groups in total. The molecule has 0 aliphatic carbocycles. The molecule has 2 rings (SSSR count). The molecule has 1 aromatic heterocycles. The van der Waals surface area contributed by atoms with Crippen molar-refractivity contribution in [3.8, 4) is 0 Å². The largest absolute Gasteiger partial charge is 0.343 e. The minimum Gasteiger partial charge on any atom is -0.343 e. The lowest BCUT2D eigenvalue weighted by Crippen LogP contribution is -2.64. The average Bonchev–Trinajstić information content (AvgIpc) is 2.51. The first-order chi connectivity index (χ1) is 10.1. The van der Waals surface area contributed by atoms with Crippen molar-refractivity contribution >= 4 is 11.8 Å². The molecule has 0 aromatic carbocycles. The van der Waals surface area contributed by atoms with E-state index in [9.17, 15) is 9.59 Å². The van der Waals surface area contributed by atoms with E-state index in [0.29, 0.717) is 13.0 Å². The van der Waals surface area contributed by atoms with Gasteiger partial charge >= 0.3 is 0 Å². The van der Waals surface area contributed by atoms with Gasteiger partial charge in [-0.15, -0.1) is 0 Å². The normalized spacial score (nSPS) is 23.9. The van der Waals surface area contributed by atoms with Crippen molar-refractivity contribution in [3.63, 3.8) is 0 Å². The zero-order valence-corrected chi connectivity index (χ0v) is 12.9. The van der Waals surface area contributed by atoms with Gasteiger partial charge in [0, 0.05) is 18.9 Å². The Kier molecular flexibility index (Phi) is 4.94. The highest BCUT2D eigenvalue weighted by molar-refractivity contribution is 5.97. The van der Waals surface area contributed by atoms with Gasteiger partial charge in [-0.2, -0.15) is 0 Å². The second-order valence-electron chi connectivity index (χ2n) is 5.63. The van der Waals surface area contributed by atoms with Crippen molar-refractivity contribution in [2.45, 2.75) is 52.2 Å². The summed E-state index contributed by atoms with van der Waals surface area (Å²) in [6.45, 7) is 6.40. The summed E-state index contributed by atoms with van der Waals surface area (Å²) < 4.78 is 0. The Balaban J connectivity index is 2.28. The quantitative estimate of drug-likeness (QED) is 0.898. The van der Waals surface area contributed by atoms with E-state index in [4.69, 9.17) is 0 Å². The van der Waals surface area contributed by atoms with Crippen LogP contribution in [0.1, 0.15) is 39.2 Å². The van der Waals surface area contributed by atoms with Crippen molar-refractivity contribution in [2.24, 2.45) is 5.92 Å². The molecule has 5 nitrogen and oxygen atoms in total. The second kappa shape index (κ2) is 6.70. The van der Waals surface area contributed by atoms with E-state index < -0.39 is 12.1 Å². The van der Waals surface area contributed by atoms with Crippen LogP contribution in [-0.2, 0) is 16.1 Å². The number of aromatic nitrogens is 1. The lowest BCUT2D eigenvalue weighted by atomic mass is 9.92. The molecular weight excluding hydrogens is 266 g/mol. The van der Waals surface area contributed by atoms with Crippen molar-refractivity contribution in [1.82, 2.24) is 15.2 Å². The summed E-state index contributed by atoms with van der Waals surface area (Å²) >= 11 is 0. The molecule has 21 heavy (non-hydrogen) atoms. The van der Waals surface area contributed by atoms with E-state index in [2.05, 4.69) is 10.3 Å². The number of hydrogen-bond acceptors (Lipinski definition) is 3. The number of carbonyl (C=O) groups is 2. The molecule has 3 unspecified atom stereocenters. The van der Waals surface area contributed by atoms with Crippen LogP contribution in [-0.4, -0.2) is 33.8 Å². The predicted molar refractivity (Wildman–Crippen MR) is 80.3 cm³/mol. The maximum atomic E-state index is 12.6. The average molecular weight is 289 g/mol. The third-order valence-electron chi connectivity index (χ3n) is 4.17. The topological polar surface area (TPSA) is 62.3 Å². The fraction of sp³-hybridized carbons (Fsp3) is 0.562. The van der Waals surface area contributed by atoms with E-state index in [1.165, 1.54) is 0 Å². The molecule has 1 aliphatic rings. The Morgan fingerprint density at radius 1 is 1.38 bits per heavy atom. The molecule has 1 aliphatic heterocycles. The van der Waals surface area contributed by atoms with Gasteiger partial charge in [-0.25, -0.2) is 0 Å². The van der Waals surface area contributed by atoms with E-state index >= 15 is 0 Å². The fourth-order valence-electron chi connectivity index (χ4n) is 2.73. The summed E-state index contributed by atoms with van der Waals surface area (Å²) in [5.74, 6) is 0.0920. The maximum Gasteiger partial charge on any atom is 0.246 e. The van der Waals surface area contributed by atoms with Crippen LogP contribution in [0.5, 0.6) is 0 Å². The third-order valence-corrected chi connectivity index (χ3v) is 4.17. The molecule has 1 aromatic rings. The zero-order chi connectivity index (χ0) is 15.4. The molecule has 2 heterocycles. The van der Waals surface area contributed by atoms with Crippen molar-refractivity contribution in [3.05, 3.63) is 30.1 Å². The fourth-order valence-corrected chi connectivity index (χ4v) is 2.73. The van der Waals surface area contributed by atoms with Crippen molar-refractivity contribution in [1.29, 1.82) is 0 Å². The zero-order valence-electron chi connectivity index (χ0n) is 12.9. The molecule has 3 atom stereocenters. The lowest BCUT2D eigenvalue weighted by Gasteiger charge is -2.41. The highest BCUT2D eigenvalue weighted by Crippen LogP contribution is 2.23. The maximum absolute atomic E-state index is 12.6. The molecule has 0 bridgehead atoms. The molecule has 1 fully saturated rings. The van der Waals surface area contributed by atoms with Crippen LogP contribution in [0.25, 0.3) is 0 Å². The molecule has 0 saturated carbocycles. The van der Waals surface area contributed by atoms with Gasteiger partial charge in [0.2, 0.25) is 11.8 Å². The summed E-state index contributed by atoms with van der Waals surface area (Å²) in [5, 5.41) is 2.85. The Bertz CT molecular complexity index is 504. The number of rotatable bonds is 5. The number of amides is 2. The van der Waals surface area contributed by atoms with Crippen LogP contribution in [0.3, 0.4) is 0 Å². The number of nitrogens with zero attached hydrogens (tertiary/aromatic N) is 2. The number of nitrogens with one attached hydrogen (secondary N) is 1. The van der Waals surface area contributed by atoms with E-state index in [1.54, 1.807) is 17.3 Å². The van der Waals surface area contributed by atoms with Gasteiger partial charge in [0.1, 0.15) is 12.1 Å². The summed E-state index contributed by atoms with van der Waals surface area (Å²) in [7, 11) is 0. The SMILES string of the molecule is CCC1NC(=O)C(C(C)CC)N(Cc2cccnc2)C1=O. The van der Waals surface area contributed by atoms with Crippen molar-refractivity contribution < 1.29 is 9.59 Å². The van der Waals surface area contributed by atoms with Gasteiger partial charge in [0.15, 0.2) is 0 Å². The van der Waals surface area contributed by atoms with Crippen LogP contribution in [0.15, 0.2) is 24.5 Å². The smallest absolute Gasteiger partial charge is 0.246 e. The standard InChI is InChI=1S/C16H23N3O2/c1-4-11(3)14-15(20)18-13(5-2)16(21)19(14)10-12-7-6-8-17-9-12/h6-9,11,13-14H,4-5,10H2,1-3H3,(H,18,20). The first kappa shape index (κ1) is 15.5. The summed E-state index contributed by atoms with van der Waals surface area (Å²) in [6, 6.07) is 2.97. The van der Waals surface area contributed by atoms with Gasteiger partial charge in [-0.1, -0.05) is 33.3 Å². The van der Waals surface area contributed by atoms with Crippen LogP contribution in [0, 0.1) is 5.92 Å². The van der Waals surface area contributed by atoms with Crippen molar-refractivity contribution in [2.75, 3.05) is 0 Å². The van der Waals surface area contributed by atoms with Crippen LogP contribution in [0.4, 0.5) is 0 Å². The Labute approximate surface area is 125 Å². The second-order valence-corrected chi connectivity index (χ2v) is 5.63. The highest BCUT2D eigenvalue weighted by atomic mass is 16.2. The summed E-state index contributed by atoms with van der Waals surface area (Å²) in [6.07, 6.45) is 4.91. The van der Waals surface area contributed by atoms with E-state index in [1.807, 2.05) is 32.9 Å². The lowest BCUT2D eigenvalue weighted by molar-refractivity contribution is -0.152. The predicted octanol–water partition coefficient (Wildman–Crippen LogP) is 1.73. The van der Waals surface area contributed by atoms with E-state index in [0.717, 1.165) is 12.0 Å².